The first-order valence-corrected chi connectivity index (χ1v) is 8.90. The van der Waals surface area contributed by atoms with Gasteiger partial charge in [0.15, 0.2) is 0 Å². The summed E-state index contributed by atoms with van der Waals surface area (Å²) in [5, 5.41) is 14.0. The van der Waals surface area contributed by atoms with Crippen LogP contribution in [-0.2, 0) is 5.41 Å². The van der Waals surface area contributed by atoms with Crippen LogP contribution in [0, 0.1) is 0 Å². The molecule has 0 spiro atoms. The number of hydrogen-bond acceptors (Lipinski definition) is 2. The van der Waals surface area contributed by atoms with Crippen molar-refractivity contribution >= 4 is 0 Å². The summed E-state index contributed by atoms with van der Waals surface area (Å²) in [5.74, 6) is 0.584. The van der Waals surface area contributed by atoms with Crippen LogP contribution in [0.15, 0.2) is 48.5 Å². The highest BCUT2D eigenvalue weighted by molar-refractivity contribution is 5.45. The molecule has 0 amide bonds. The first-order chi connectivity index (χ1) is 11.3. The van der Waals surface area contributed by atoms with Crippen LogP contribution in [0.1, 0.15) is 63.6 Å². The lowest BCUT2D eigenvalue weighted by molar-refractivity contribution is 0.458. The normalized spacial score (nSPS) is 13.2. The summed E-state index contributed by atoms with van der Waals surface area (Å²) in [6.07, 6.45) is 0.962. The minimum atomic E-state index is 0.0693. The highest BCUT2D eigenvalue weighted by Crippen LogP contribution is 2.36. The number of benzene rings is 2. The Hall–Kier alpha value is -1.80. The highest BCUT2D eigenvalue weighted by Gasteiger charge is 2.21. The molecule has 1 atom stereocenters. The van der Waals surface area contributed by atoms with E-state index in [1.807, 2.05) is 18.2 Å². The molecule has 2 rings (SSSR count). The Morgan fingerprint density at radius 1 is 1.00 bits per heavy atom. The Bertz CT molecular complexity index is 641. The van der Waals surface area contributed by atoms with Crippen molar-refractivity contribution in [1.29, 1.82) is 0 Å². The summed E-state index contributed by atoms with van der Waals surface area (Å²) in [7, 11) is 0. The fourth-order valence-corrected chi connectivity index (χ4v) is 3.00. The molecule has 0 saturated carbocycles. The number of rotatable bonds is 6. The van der Waals surface area contributed by atoms with E-state index in [1.165, 1.54) is 11.1 Å². The molecule has 0 aromatic heterocycles. The lowest BCUT2D eigenvalue weighted by Crippen LogP contribution is -2.25. The van der Waals surface area contributed by atoms with Gasteiger partial charge in [-0.1, -0.05) is 77.1 Å². The first-order valence-electron chi connectivity index (χ1n) is 8.90. The van der Waals surface area contributed by atoms with Crippen molar-refractivity contribution in [1.82, 2.24) is 5.32 Å². The third kappa shape index (κ3) is 4.85. The lowest BCUT2D eigenvalue weighted by atomic mass is 9.81. The summed E-state index contributed by atoms with van der Waals surface area (Å²) >= 11 is 0. The van der Waals surface area contributed by atoms with Gasteiger partial charge in [0.2, 0.25) is 0 Å². The molecule has 0 bridgehead atoms. The Labute approximate surface area is 146 Å². The summed E-state index contributed by atoms with van der Waals surface area (Å²) < 4.78 is 0. The quantitative estimate of drug-likeness (QED) is 0.764. The summed E-state index contributed by atoms with van der Waals surface area (Å²) in [6, 6.07) is 17.0. The molecular weight excluding hydrogens is 294 g/mol. The molecule has 0 radical (unpaired) electrons. The first kappa shape index (κ1) is 18.5. The van der Waals surface area contributed by atoms with E-state index in [2.05, 4.69) is 70.3 Å². The van der Waals surface area contributed by atoms with E-state index in [0.29, 0.717) is 11.8 Å². The second kappa shape index (κ2) is 7.85. The Morgan fingerprint density at radius 2 is 1.67 bits per heavy atom. The number of aromatic hydroxyl groups is 1. The van der Waals surface area contributed by atoms with Gasteiger partial charge in [0.05, 0.1) is 0 Å². The van der Waals surface area contributed by atoms with Gasteiger partial charge in [-0.15, -0.1) is 0 Å². The van der Waals surface area contributed by atoms with Crippen LogP contribution in [0.4, 0.5) is 0 Å². The zero-order valence-electron chi connectivity index (χ0n) is 15.6. The third-order valence-corrected chi connectivity index (χ3v) is 4.46. The van der Waals surface area contributed by atoms with Crippen molar-refractivity contribution in [3.05, 3.63) is 65.2 Å². The topological polar surface area (TPSA) is 32.3 Å². The number of phenols is 1. The molecule has 0 heterocycles. The van der Waals surface area contributed by atoms with E-state index in [1.54, 1.807) is 0 Å². The maximum Gasteiger partial charge on any atom is 0.119 e. The molecule has 2 aromatic rings. The predicted octanol–water partition coefficient (Wildman–Crippen LogP) is 5.21. The van der Waals surface area contributed by atoms with Crippen molar-refractivity contribution in [3.63, 3.8) is 0 Å². The van der Waals surface area contributed by atoms with Crippen LogP contribution >= 0.6 is 0 Å². The van der Waals surface area contributed by atoms with Gasteiger partial charge in [-0.2, -0.15) is 0 Å². The minimum absolute atomic E-state index is 0.0693. The highest BCUT2D eigenvalue weighted by atomic mass is 16.3. The average Bonchev–Trinajstić information content (AvgIpc) is 2.52. The van der Waals surface area contributed by atoms with Crippen molar-refractivity contribution in [2.45, 2.75) is 58.4 Å². The number of nitrogens with one attached hydrogen (secondary N) is 1. The third-order valence-electron chi connectivity index (χ3n) is 4.46. The van der Waals surface area contributed by atoms with Crippen molar-refractivity contribution in [2.75, 3.05) is 6.54 Å². The van der Waals surface area contributed by atoms with E-state index in [-0.39, 0.29) is 11.3 Å². The smallest absolute Gasteiger partial charge is 0.119 e. The maximum atomic E-state index is 10.5. The fourth-order valence-electron chi connectivity index (χ4n) is 3.00. The van der Waals surface area contributed by atoms with Gasteiger partial charge in [0.1, 0.15) is 5.75 Å². The minimum Gasteiger partial charge on any atom is -0.508 e. The monoisotopic (exact) mass is 325 g/mol. The van der Waals surface area contributed by atoms with Crippen LogP contribution in [0.3, 0.4) is 0 Å². The zero-order chi connectivity index (χ0) is 17.7. The van der Waals surface area contributed by atoms with Crippen LogP contribution < -0.4 is 5.32 Å². The summed E-state index contributed by atoms with van der Waals surface area (Å²) in [6.45, 7) is 11.9. The molecule has 2 nitrogen and oxygen atoms in total. The van der Waals surface area contributed by atoms with Gasteiger partial charge in [-0.25, -0.2) is 0 Å². The molecule has 0 aliphatic heterocycles. The van der Waals surface area contributed by atoms with Crippen molar-refractivity contribution < 1.29 is 5.11 Å². The number of hydrogen-bond donors (Lipinski definition) is 2. The van der Waals surface area contributed by atoms with Crippen LogP contribution in [0.5, 0.6) is 5.75 Å². The van der Waals surface area contributed by atoms with E-state index in [0.717, 1.165) is 18.5 Å². The van der Waals surface area contributed by atoms with Gasteiger partial charge in [-0.05, 0) is 35.6 Å². The largest absolute Gasteiger partial charge is 0.508 e. The van der Waals surface area contributed by atoms with E-state index in [9.17, 15) is 5.11 Å². The molecule has 0 aliphatic carbocycles. The fraction of sp³-hybridized carbons (Fsp3) is 0.455. The lowest BCUT2D eigenvalue weighted by Gasteiger charge is -2.24. The standard InChI is InChI=1S/C22H31NO/c1-16(2)23-14-13-19(17-9-7-6-8-10-17)20-15-18(22(3,4)5)11-12-21(20)24/h6-12,15-16,19,23-24H,13-14H2,1-5H3/t19-/m0/s1. The molecule has 2 heteroatoms. The molecular formula is C22H31NO. The van der Waals surface area contributed by atoms with E-state index < -0.39 is 0 Å². The molecule has 0 saturated heterocycles. The molecule has 130 valence electrons. The maximum absolute atomic E-state index is 10.5. The van der Waals surface area contributed by atoms with Gasteiger partial charge >= 0.3 is 0 Å². The average molecular weight is 325 g/mol. The van der Waals surface area contributed by atoms with Gasteiger partial charge < -0.3 is 10.4 Å². The van der Waals surface area contributed by atoms with E-state index in [4.69, 9.17) is 0 Å². The van der Waals surface area contributed by atoms with E-state index >= 15 is 0 Å². The van der Waals surface area contributed by atoms with Crippen LogP contribution in [0.25, 0.3) is 0 Å². The molecule has 0 fully saturated rings. The van der Waals surface area contributed by atoms with Gasteiger partial charge in [0, 0.05) is 17.5 Å². The van der Waals surface area contributed by atoms with Crippen LogP contribution in [0.2, 0.25) is 0 Å². The molecule has 24 heavy (non-hydrogen) atoms. The molecule has 0 aliphatic rings. The number of phenolic OH excluding ortho intramolecular Hbond substituents is 1. The van der Waals surface area contributed by atoms with Gasteiger partial charge in [-0.3, -0.25) is 0 Å². The molecule has 0 unspecified atom stereocenters. The van der Waals surface area contributed by atoms with Crippen molar-refractivity contribution in [2.24, 2.45) is 0 Å². The van der Waals surface area contributed by atoms with Gasteiger partial charge in [0.25, 0.3) is 0 Å². The second-order valence-electron chi connectivity index (χ2n) is 7.88. The van der Waals surface area contributed by atoms with Crippen molar-refractivity contribution in [3.8, 4) is 5.75 Å². The zero-order valence-corrected chi connectivity index (χ0v) is 15.6. The van der Waals surface area contributed by atoms with Crippen LogP contribution in [-0.4, -0.2) is 17.7 Å². The molecule has 2 aromatic carbocycles. The molecule has 2 N–H and O–H groups in total. The second-order valence-corrected chi connectivity index (χ2v) is 7.88. The Balaban J connectivity index is 2.39. The Kier molecular flexibility index (Phi) is 6.06. The Morgan fingerprint density at radius 3 is 2.25 bits per heavy atom. The SMILES string of the molecule is CC(C)NCC[C@@H](c1ccccc1)c1cc(C(C)(C)C)ccc1O. The summed E-state index contributed by atoms with van der Waals surface area (Å²) in [4.78, 5) is 0. The summed E-state index contributed by atoms with van der Waals surface area (Å²) in [5.41, 5.74) is 3.61. The predicted molar refractivity (Wildman–Crippen MR) is 103 cm³/mol.